The predicted molar refractivity (Wildman–Crippen MR) is 101 cm³/mol. The number of halogens is 4. The molecule has 0 aliphatic carbocycles. The van der Waals surface area contributed by atoms with Crippen LogP contribution >= 0.6 is 0 Å². The lowest BCUT2D eigenvalue weighted by Gasteiger charge is -2.44. The van der Waals surface area contributed by atoms with Crippen molar-refractivity contribution in [3.05, 3.63) is 58.7 Å². The molecule has 1 atom stereocenters. The van der Waals surface area contributed by atoms with E-state index in [2.05, 4.69) is 15.2 Å². The summed E-state index contributed by atoms with van der Waals surface area (Å²) >= 11 is 0. The first-order chi connectivity index (χ1) is 14.6. The third-order valence-corrected chi connectivity index (χ3v) is 5.58. The van der Waals surface area contributed by atoms with E-state index < -0.39 is 29.7 Å². The number of carboxylic acid groups (broad SMARTS) is 1. The van der Waals surface area contributed by atoms with Crippen LogP contribution in [0.2, 0.25) is 0 Å². The Hall–Kier alpha value is -3.21. The lowest BCUT2D eigenvalue weighted by molar-refractivity contribution is -0.141. The number of pyridine rings is 1. The molecule has 1 aromatic heterocycles. The average Bonchev–Trinajstić information content (AvgIpc) is 2.73. The summed E-state index contributed by atoms with van der Waals surface area (Å²) in [5, 5.41) is 11.6. The van der Waals surface area contributed by atoms with E-state index in [1.807, 2.05) is 0 Å². The molecule has 0 radical (unpaired) electrons. The SMILES string of the molecule is O=C(Nc1cc2c(cc1F)[C@@H]1CN(C(=O)O)CCN1CC2)c1ccnc(C(F)(F)F)c1. The molecule has 0 unspecified atom stereocenters. The second-order valence-corrected chi connectivity index (χ2v) is 7.44. The van der Waals surface area contributed by atoms with Crippen LogP contribution in [0.4, 0.5) is 28.0 Å². The Morgan fingerprint density at radius 2 is 1.94 bits per heavy atom. The van der Waals surface area contributed by atoms with E-state index in [1.54, 1.807) is 0 Å². The van der Waals surface area contributed by atoms with Gasteiger partial charge in [-0.2, -0.15) is 13.2 Å². The van der Waals surface area contributed by atoms with Crippen molar-refractivity contribution in [3.8, 4) is 0 Å². The van der Waals surface area contributed by atoms with E-state index in [0.29, 0.717) is 37.7 Å². The molecule has 0 bridgehead atoms. The van der Waals surface area contributed by atoms with Gasteiger partial charge in [0.2, 0.25) is 0 Å². The van der Waals surface area contributed by atoms with Crippen LogP contribution in [-0.4, -0.2) is 58.1 Å². The van der Waals surface area contributed by atoms with Crippen LogP contribution in [-0.2, 0) is 12.6 Å². The van der Waals surface area contributed by atoms with Gasteiger partial charge in [-0.05, 0) is 41.8 Å². The van der Waals surface area contributed by atoms with Gasteiger partial charge >= 0.3 is 12.3 Å². The maximum atomic E-state index is 14.8. The number of hydrogen-bond donors (Lipinski definition) is 2. The van der Waals surface area contributed by atoms with Gasteiger partial charge in [-0.1, -0.05) is 0 Å². The van der Waals surface area contributed by atoms with Gasteiger partial charge in [-0.3, -0.25) is 14.7 Å². The number of carbonyl (C=O) groups excluding carboxylic acids is 1. The fourth-order valence-electron chi connectivity index (χ4n) is 4.00. The highest BCUT2D eigenvalue weighted by Gasteiger charge is 2.35. The number of aromatic nitrogens is 1. The van der Waals surface area contributed by atoms with Crippen molar-refractivity contribution in [3.63, 3.8) is 0 Å². The topological polar surface area (TPSA) is 85.8 Å². The number of fused-ring (bicyclic) bond motifs is 3. The maximum Gasteiger partial charge on any atom is 0.433 e. The Bertz CT molecular complexity index is 1040. The Labute approximate surface area is 174 Å². The summed E-state index contributed by atoms with van der Waals surface area (Å²) in [5.74, 6) is -1.63. The second kappa shape index (κ2) is 7.80. The summed E-state index contributed by atoms with van der Waals surface area (Å²) in [5.41, 5.74) is -0.248. The largest absolute Gasteiger partial charge is 0.465 e. The molecule has 1 saturated heterocycles. The Kier molecular flexibility index (Phi) is 5.29. The number of nitrogens with zero attached hydrogens (tertiary/aromatic N) is 3. The van der Waals surface area contributed by atoms with Gasteiger partial charge in [-0.15, -0.1) is 0 Å². The lowest BCUT2D eigenvalue weighted by atomic mass is 9.90. The summed E-state index contributed by atoms with van der Waals surface area (Å²) < 4.78 is 53.3. The number of carbonyl (C=O) groups is 2. The number of alkyl halides is 3. The molecular weight excluding hydrogens is 420 g/mol. The van der Waals surface area contributed by atoms with Gasteiger partial charge < -0.3 is 15.3 Å². The summed E-state index contributed by atoms with van der Waals surface area (Å²) in [4.78, 5) is 30.3. The number of nitrogens with one attached hydrogen (secondary N) is 1. The van der Waals surface area contributed by atoms with Crippen LogP contribution in [0.5, 0.6) is 0 Å². The molecule has 164 valence electrons. The minimum atomic E-state index is -4.71. The molecule has 0 saturated carbocycles. The Morgan fingerprint density at radius 1 is 1.16 bits per heavy atom. The van der Waals surface area contributed by atoms with Crippen LogP contribution in [0.15, 0.2) is 30.5 Å². The first-order valence-corrected chi connectivity index (χ1v) is 9.52. The van der Waals surface area contributed by atoms with Crippen molar-refractivity contribution < 1.29 is 32.3 Å². The Morgan fingerprint density at radius 3 is 2.65 bits per heavy atom. The molecule has 0 spiro atoms. The van der Waals surface area contributed by atoms with Gasteiger partial charge in [0, 0.05) is 37.9 Å². The number of benzene rings is 1. The summed E-state index contributed by atoms with van der Waals surface area (Å²) in [6.07, 6.45) is -4.29. The van der Waals surface area contributed by atoms with Crippen molar-refractivity contribution in [1.82, 2.24) is 14.8 Å². The normalized spacial score (nSPS) is 18.8. The molecule has 1 aromatic carbocycles. The molecule has 2 amide bonds. The zero-order chi connectivity index (χ0) is 22.3. The number of amides is 2. The zero-order valence-electron chi connectivity index (χ0n) is 16.1. The van der Waals surface area contributed by atoms with Crippen LogP contribution in [0.1, 0.15) is 33.2 Å². The molecule has 1 fully saturated rings. The zero-order valence-corrected chi connectivity index (χ0v) is 16.1. The third kappa shape index (κ3) is 4.18. The van der Waals surface area contributed by atoms with Gasteiger partial charge in [0.05, 0.1) is 11.7 Å². The van der Waals surface area contributed by atoms with E-state index in [4.69, 9.17) is 0 Å². The number of anilines is 1. The molecule has 2 N–H and O–H groups in total. The highest BCUT2D eigenvalue weighted by atomic mass is 19.4. The van der Waals surface area contributed by atoms with Gasteiger partial charge in [-0.25, -0.2) is 9.18 Å². The van der Waals surface area contributed by atoms with Crippen LogP contribution < -0.4 is 5.32 Å². The van der Waals surface area contributed by atoms with Gasteiger partial charge in [0.25, 0.3) is 5.91 Å². The fraction of sp³-hybridized carbons (Fsp3) is 0.350. The van der Waals surface area contributed by atoms with Crippen molar-refractivity contribution in [2.75, 3.05) is 31.5 Å². The molecule has 7 nitrogen and oxygen atoms in total. The Balaban J connectivity index is 1.58. The summed E-state index contributed by atoms with van der Waals surface area (Å²) in [6.45, 7) is 1.79. The first kappa shape index (κ1) is 21.0. The van der Waals surface area contributed by atoms with E-state index in [1.165, 1.54) is 17.0 Å². The van der Waals surface area contributed by atoms with Crippen molar-refractivity contribution in [1.29, 1.82) is 0 Å². The molecule has 31 heavy (non-hydrogen) atoms. The highest BCUT2D eigenvalue weighted by Crippen LogP contribution is 2.35. The molecule has 11 heteroatoms. The maximum absolute atomic E-state index is 14.8. The second-order valence-electron chi connectivity index (χ2n) is 7.44. The molecule has 2 aliphatic heterocycles. The van der Waals surface area contributed by atoms with E-state index in [0.717, 1.165) is 17.8 Å². The minimum Gasteiger partial charge on any atom is -0.465 e. The van der Waals surface area contributed by atoms with E-state index >= 15 is 0 Å². The third-order valence-electron chi connectivity index (χ3n) is 5.58. The minimum absolute atomic E-state index is 0.145. The molecule has 3 heterocycles. The number of hydrogen-bond acceptors (Lipinski definition) is 4. The monoisotopic (exact) mass is 438 g/mol. The standard InChI is InChI=1S/C20H18F4N4O3/c21-14-9-13-11(2-4-27-5-6-28(19(30)31)10-16(13)27)7-15(14)26-18(29)12-1-3-25-17(8-12)20(22,23)24/h1,3,7-9,16H,2,4-6,10H2,(H,26,29)(H,30,31)/t16-/m0/s1. The van der Waals surface area contributed by atoms with Crippen molar-refractivity contribution in [2.24, 2.45) is 0 Å². The smallest absolute Gasteiger partial charge is 0.433 e. The predicted octanol–water partition coefficient (Wildman–Crippen LogP) is 3.38. The van der Waals surface area contributed by atoms with Crippen LogP contribution in [0, 0.1) is 5.82 Å². The van der Waals surface area contributed by atoms with E-state index in [9.17, 15) is 32.3 Å². The number of piperazine rings is 1. The van der Waals surface area contributed by atoms with Crippen molar-refractivity contribution in [2.45, 2.75) is 18.6 Å². The number of rotatable bonds is 2. The fourth-order valence-corrected chi connectivity index (χ4v) is 4.00. The lowest BCUT2D eigenvalue weighted by Crippen LogP contribution is -2.52. The van der Waals surface area contributed by atoms with Gasteiger partial charge in [0.1, 0.15) is 11.5 Å². The molecule has 2 aliphatic rings. The van der Waals surface area contributed by atoms with Crippen molar-refractivity contribution >= 4 is 17.7 Å². The summed E-state index contributed by atoms with van der Waals surface area (Å²) in [6, 6.07) is 4.15. The molecular formula is C20H18F4N4O3. The van der Waals surface area contributed by atoms with Gasteiger partial charge in [0.15, 0.2) is 0 Å². The van der Waals surface area contributed by atoms with Crippen LogP contribution in [0.3, 0.4) is 0 Å². The first-order valence-electron chi connectivity index (χ1n) is 9.52. The van der Waals surface area contributed by atoms with E-state index in [-0.39, 0.29) is 23.8 Å². The van der Waals surface area contributed by atoms with Crippen LogP contribution in [0.25, 0.3) is 0 Å². The summed E-state index contributed by atoms with van der Waals surface area (Å²) in [7, 11) is 0. The quantitative estimate of drug-likeness (QED) is 0.703. The molecule has 2 aromatic rings. The highest BCUT2D eigenvalue weighted by molar-refractivity contribution is 6.04. The molecule has 4 rings (SSSR count). The average molecular weight is 438 g/mol.